The molecule has 0 bridgehead atoms. The van der Waals surface area contributed by atoms with E-state index in [0.717, 1.165) is 30.5 Å². The van der Waals surface area contributed by atoms with Crippen molar-refractivity contribution in [1.82, 2.24) is 4.90 Å². The third-order valence-electron chi connectivity index (χ3n) is 3.20. The van der Waals surface area contributed by atoms with E-state index in [9.17, 15) is 0 Å². The number of hydrogen-bond acceptors (Lipinski definition) is 3. The van der Waals surface area contributed by atoms with Gasteiger partial charge in [-0.2, -0.15) is 0 Å². The smallest absolute Gasteiger partial charge is 0.0411 e. The van der Waals surface area contributed by atoms with E-state index in [1.807, 2.05) is 0 Å². The van der Waals surface area contributed by atoms with Crippen LogP contribution >= 0.6 is 15.9 Å². The quantitative estimate of drug-likeness (QED) is 0.788. The first kappa shape index (κ1) is 17.5. The van der Waals surface area contributed by atoms with Crippen LogP contribution in [0.4, 0.5) is 5.69 Å². The molecular weight excluding hydrogens is 314 g/mol. The molecule has 1 rings (SSSR count). The summed E-state index contributed by atoms with van der Waals surface area (Å²) in [6.07, 6.45) is 0.930. The second-order valence-electron chi connectivity index (χ2n) is 5.95. The van der Waals surface area contributed by atoms with E-state index in [-0.39, 0.29) is 0 Å². The van der Waals surface area contributed by atoms with Crippen molar-refractivity contribution in [2.45, 2.75) is 20.3 Å². The molecular formula is C16H28BrN3. The monoisotopic (exact) mass is 341 g/mol. The number of nitrogens with two attached hydrogens (primary N) is 1. The van der Waals surface area contributed by atoms with Crippen molar-refractivity contribution in [1.29, 1.82) is 0 Å². The van der Waals surface area contributed by atoms with Crippen molar-refractivity contribution in [3.05, 3.63) is 28.2 Å². The minimum absolute atomic E-state index is 0.641. The number of hydrogen-bond donors (Lipinski definition) is 1. The molecule has 0 spiro atoms. The van der Waals surface area contributed by atoms with Crippen LogP contribution in [0.25, 0.3) is 0 Å². The summed E-state index contributed by atoms with van der Waals surface area (Å²) in [5.74, 6) is 0.641. The number of benzene rings is 1. The number of likely N-dealkylation sites (N-methyl/N-ethyl adjacent to an activating group) is 1. The fourth-order valence-electron chi connectivity index (χ4n) is 2.27. The second kappa shape index (κ2) is 8.65. The first-order valence-electron chi connectivity index (χ1n) is 7.32. The number of anilines is 1. The Bertz CT molecular complexity index is 405. The summed E-state index contributed by atoms with van der Waals surface area (Å²) in [7, 11) is 4.24. The topological polar surface area (TPSA) is 32.5 Å². The lowest BCUT2D eigenvalue weighted by Crippen LogP contribution is -2.35. The van der Waals surface area contributed by atoms with E-state index in [1.165, 1.54) is 11.3 Å². The van der Waals surface area contributed by atoms with Crippen LogP contribution < -0.4 is 10.6 Å². The molecule has 0 radical (unpaired) electrons. The predicted octanol–water partition coefficient (Wildman–Crippen LogP) is 2.97. The van der Waals surface area contributed by atoms with Crippen LogP contribution in [0, 0.1) is 5.92 Å². The lowest BCUT2D eigenvalue weighted by Gasteiger charge is -2.30. The lowest BCUT2D eigenvalue weighted by atomic mass is 10.1. The minimum atomic E-state index is 0.641. The Kier molecular flexibility index (Phi) is 7.56. The average molecular weight is 342 g/mol. The van der Waals surface area contributed by atoms with Crippen LogP contribution in [0.5, 0.6) is 0 Å². The minimum Gasteiger partial charge on any atom is -0.370 e. The molecule has 0 saturated heterocycles. The van der Waals surface area contributed by atoms with Gasteiger partial charge in [0.05, 0.1) is 0 Å². The van der Waals surface area contributed by atoms with Gasteiger partial charge in [-0.05, 0) is 50.7 Å². The van der Waals surface area contributed by atoms with Crippen LogP contribution in [-0.2, 0) is 6.42 Å². The van der Waals surface area contributed by atoms with Gasteiger partial charge in [-0.25, -0.2) is 0 Å². The van der Waals surface area contributed by atoms with E-state index in [1.54, 1.807) is 0 Å². The fourth-order valence-corrected chi connectivity index (χ4v) is 2.62. The zero-order valence-corrected chi connectivity index (χ0v) is 14.8. The lowest BCUT2D eigenvalue weighted by molar-refractivity contribution is 0.409. The van der Waals surface area contributed by atoms with Crippen LogP contribution in [0.2, 0.25) is 0 Å². The fraction of sp³-hybridized carbons (Fsp3) is 0.625. The predicted molar refractivity (Wildman–Crippen MR) is 92.5 cm³/mol. The summed E-state index contributed by atoms with van der Waals surface area (Å²) in [4.78, 5) is 4.72. The van der Waals surface area contributed by atoms with Gasteiger partial charge in [0, 0.05) is 29.8 Å². The molecule has 2 N–H and O–H groups in total. The molecule has 0 amide bonds. The molecule has 4 heteroatoms. The van der Waals surface area contributed by atoms with Crippen molar-refractivity contribution in [3.63, 3.8) is 0 Å². The Morgan fingerprint density at radius 2 is 1.90 bits per heavy atom. The SMILES string of the molecule is CC(C)CN(CCN(C)C)c1cc(Br)ccc1CCN. The molecule has 0 heterocycles. The summed E-state index contributed by atoms with van der Waals surface area (Å²) < 4.78 is 1.13. The van der Waals surface area contributed by atoms with Crippen LogP contribution in [0.3, 0.4) is 0 Å². The summed E-state index contributed by atoms with van der Waals surface area (Å²) >= 11 is 3.59. The summed E-state index contributed by atoms with van der Waals surface area (Å²) in [6, 6.07) is 6.52. The Labute approximate surface area is 132 Å². The van der Waals surface area contributed by atoms with Crippen molar-refractivity contribution in [3.8, 4) is 0 Å². The summed E-state index contributed by atoms with van der Waals surface area (Å²) in [5, 5.41) is 0. The second-order valence-corrected chi connectivity index (χ2v) is 6.87. The molecule has 20 heavy (non-hydrogen) atoms. The highest BCUT2D eigenvalue weighted by atomic mass is 79.9. The Morgan fingerprint density at radius 3 is 2.45 bits per heavy atom. The molecule has 3 nitrogen and oxygen atoms in total. The normalized spacial score (nSPS) is 11.4. The first-order valence-corrected chi connectivity index (χ1v) is 8.11. The maximum Gasteiger partial charge on any atom is 0.0411 e. The number of nitrogens with zero attached hydrogens (tertiary/aromatic N) is 2. The zero-order valence-electron chi connectivity index (χ0n) is 13.2. The third-order valence-corrected chi connectivity index (χ3v) is 3.70. The maximum absolute atomic E-state index is 5.75. The van der Waals surface area contributed by atoms with Gasteiger partial charge in [-0.1, -0.05) is 35.8 Å². The van der Waals surface area contributed by atoms with E-state index >= 15 is 0 Å². The highest BCUT2D eigenvalue weighted by molar-refractivity contribution is 9.10. The number of rotatable bonds is 8. The highest BCUT2D eigenvalue weighted by Gasteiger charge is 2.13. The Hall–Kier alpha value is -0.580. The molecule has 0 fully saturated rings. The number of halogens is 1. The first-order chi connectivity index (χ1) is 9.43. The zero-order chi connectivity index (χ0) is 15.1. The molecule has 114 valence electrons. The van der Waals surface area contributed by atoms with Gasteiger partial charge in [0.2, 0.25) is 0 Å². The molecule has 0 saturated carbocycles. The molecule has 0 aromatic heterocycles. The van der Waals surface area contributed by atoms with Gasteiger partial charge >= 0.3 is 0 Å². The van der Waals surface area contributed by atoms with Gasteiger partial charge in [-0.3, -0.25) is 0 Å². The molecule has 0 aliphatic heterocycles. The van der Waals surface area contributed by atoms with Crippen molar-refractivity contribution in [2.75, 3.05) is 45.2 Å². The van der Waals surface area contributed by atoms with Crippen LogP contribution in [-0.4, -0.2) is 45.2 Å². The summed E-state index contributed by atoms with van der Waals surface area (Å²) in [6.45, 7) is 8.40. The van der Waals surface area contributed by atoms with Gasteiger partial charge in [-0.15, -0.1) is 0 Å². The molecule has 1 aromatic rings. The van der Waals surface area contributed by atoms with E-state index in [0.29, 0.717) is 12.5 Å². The average Bonchev–Trinajstić information content (AvgIpc) is 2.36. The maximum atomic E-state index is 5.75. The van der Waals surface area contributed by atoms with Crippen LogP contribution in [0.15, 0.2) is 22.7 Å². The molecule has 0 unspecified atom stereocenters. The molecule has 1 aromatic carbocycles. The van der Waals surface area contributed by atoms with Gasteiger partial charge in [0.15, 0.2) is 0 Å². The Balaban J connectivity index is 3.00. The van der Waals surface area contributed by atoms with Crippen molar-refractivity contribution in [2.24, 2.45) is 11.7 Å². The third kappa shape index (κ3) is 5.81. The van der Waals surface area contributed by atoms with E-state index in [2.05, 4.69) is 71.9 Å². The highest BCUT2D eigenvalue weighted by Crippen LogP contribution is 2.26. The van der Waals surface area contributed by atoms with Crippen molar-refractivity contribution < 1.29 is 0 Å². The van der Waals surface area contributed by atoms with E-state index < -0.39 is 0 Å². The molecule has 0 aliphatic carbocycles. The molecule has 0 atom stereocenters. The standard InChI is InChI=1S/C16H28BrN3/c1-13(2)12-20(10-9-19(3)4)16-11-15(17)6-5-14(16)7-8-18/h5-6,11,13H,7-10,12,18H2,1-4H3. The van der Waals surface area contributed by atoms with Gasteiger partial charge in [0.1, 0.15) is 0 Å². The van der Waals surface area contributed by atoms with Gasteiger partial charge in [0.25, 0.3) is 0 Å². The van der Waals surface area contributed by atoms with Crippen molar-refractivity contribution >= 4 is 21.6 Å². The molecule has 0 aliphatic rings. The largest absolute Gasteiger partial charge is 0.370 e. The van der Waals surface area contributed by atoms with Gasteiger partial charge < -0.3 is 15.5 Å². The van der Waals surface area contributed by atoms with E-state index in [4.69, 9.17) is 5.73 Å². The Morgan fingerprint density at radius 1 is 1.20 bits per heavy atom. The van der Waals surface area contributed by atoms with Crippen LogP contribution in [0.1, 0.15) is 19.4 Å². The summed E-state index contributed by atoms with van der Waals surface area (Å²) in [5.41, 5.74) is 8.42.